The van der Waals surface area contributed by atoms with Gasteiger partial charge in [0.25, 0.3) is 5.89 Å². The molecule has 6 nitrogen and oxygen atoms in total. The van der Waals surface area contributed by atoms with Gasteiger partial charge in [0.15, 0.2) is 5.82 Å². The summed E-state index contributed by atoms with van der Waals surface area (Å²) in [6.07, 6.45) is 2.91. The Labute approximate surface area is 158 Å². The summed E-state index contributed by atoms with van der Waals surface area (Å²) in [6.45, 7) is 0. The molecule has 136 valence electrons. The first-order valence-corrected chi connectivity index (χ1v) is 8.31. The molecule has 3 N–H and O–H groups in total. The number of methoxy groups -OCH3 is 1. The summed E-state index contributed by atoms with van der Waals surface area (Å²) in [5.41, 5.74) is 8.55. The van der Waals surface area contributed by atoms with Crippen LogP contribution in [-0.2, 0) is 5.54 Å². The fourth-order valence-electron chi connectivity index (χ4n) is 2.92. The summed E-state index contributed by atoms with van der Waals surface area (Å²) in [5, 5.41) is 7.49. The van der Waals surface area contributed by atoms with Gasteiger partial charge in [-0.2, -0.15) is 4.98 Å². The van der Waals surface area contributed by atoms with Crippen molar-refractivity contribution in [2.75, 3.05) is 12.4 Å². The number of aromatic nitrogens is 2. The van der Waals surface area contributed by atoms with Crippen LogP contribution in [0.4, 0.5) is 11.4 Å². The second-order valence-electron chi connectivity index (χ2n) is 6.33. The van der Waals surface area contributed by atoms with Gasteiger partial charge >= 0.3 is 0 Å². The number of hydrogen-bond acceptors (Lipinski definition) is 6. The molecule has 1 aromatic heterocycles. The zero-order valence-corrected chi connectivity index (χ0v) is 15.3. The smallest absolute Gasteiger partial charge is 0.260 e. The first-order valence-electron chi connectivity index (χ1n) is 8.31. The van der Waals surface area contributed by atoms with Crippen molar-refractivity contribution in [3.8, 4) is 17.2 Å². The molecule has 0 radical (unpaired) electrons. The lowest BCUT2D eigenvalue weighted by Crippen LogP contribution is -2.44. The standard InChI is InChI=1S/C19H20N4O2.ClH/c1-24-14-9-7-13(8-10-14)21-16-6-3-2-5-15(16)17-22-18(23-25-17)19(20)11-4-12-19;/h2-3,5-10,21H,4,11-12,20H2,1H3;1H. The van der Waals surface area contributed by atoms with Crippen LogP contribution in [0.25, 0.3) is 11.5 Å². The van der Waals surface area contributed by atoms with Crippen molar-refractivity contribution < 1.29 is 9.26 Å². The molecular weight excluding hydrogens is 352 g/mol. The average molecular weight is 373 g/mol. The molecule has 1 saturated carbocycles. The Balaban J connectivity index is 0.00000196. The van der Waals surface area contributed by atoms with Crippen molar-refractivity contribution in [2.45, 2.75) is 24.8 Å². The summed E-state index contributed by atoms with van der Waals surface area (Å²) in [6, 6.07) is 15.6. The molecule has 1 heterocycles. The summed E-state index contributed by atoms with van der Waals surface area (Å²) in [7, 11) is 1.65. The molecule has 2 aromatic carbocycles. The Morgan fingerprint density at radius 3 is 2.50 bits per heavy atom. The lowest BCUT2D eigenvalue weighted by molar-refractivity contribution is 0.229. The van der Waals surface area contributed by atoms with E-state index in [0.717, 1.165) is 42.0 Å². The average Bonchev–Trinajstić information content (AvgIpc) is 3.11. The second-order valence-corrected chi connectivity index (χ2v) is 6.33. The summed E-state index contributed by atoms with van der Waals surface area (Å²) < 4.78 is 10.7. The Morgan fingerprint density at radius 2 is 1.85 bits per heavy atom. The number of para-hydroxylation sites is 1. The number of nitrogens with zero attached hydrogens (tertiary/aromatic N) is 2. The number of ether oxygens (including phenoxy) is 1. The van der Waals surface area contributed by atoms with E-state index in [4.69, 9.17) is 15.0 Å². The lowest BCUT2D eigenvalue weighted by Gasteiger charge is -2.34. The van der Waals surface area contributed by atoms with E-state index in [9.17, 15) is 0 Å². The van der Waals surface area contributed by atoms with Gasteiger partial charge in [0, 0.05) is 5.69 Å². The maximum absolute atomic E-state index is 6.29. The predicted molar refractivity (Wildman–Crippen MR) is 103 cm³/mol. The zero-order valence-electron chi connectivity index (χ0n) is 14.4. The molecule has 0 aliphatic heterocycles. The van der Waals surface area contributed by atoms with Crippen LogP contribution in [-0.4, -0.2) is 17.3 Å². The van der Waals surface area contributed by atoms with Gasteiger partial charge in [-0.05, 0) is 55.7 Å². The zero-order chi connectivity index (χ0) is 17.3. The van der Waals surface area contributed by atoms with Crippen LogP contribution in [0.3, 0.4) is 0 Å². The SMILES string of the molecule is COc1ccc(Nc2ccccc2-c2nc(C3(N)CCC3)no2)cc1.Cl. The van der Waals surface area contributed by atoms with E-state index < -0.39 is 5.54 Å². The van der Waals surface area contributed by atoms with Crippen LogP contribution in [0.5, 0.6) is 5.75 Å². The number of hydrogen-bond donors (Lipinski definition) is 2. The molecule has 4 rings (SSSR count). The van der Waals surface area contributed by atoms with E-state index in [-0.39, 0.29) is 12.4 Å². The molecule has 1 fully saturated rings. The maximum atomic E-state index is 6.29. The molecule has 1 aliphatic rings. The van der Waals surface area contributed by atoms with E-state index in [0.29, 0.717) is 11.7 Å². The van der Waals surface area contributed by atoms with Crippen molar-refractivity contribution in [1.82, 2.24) is 10.1 Å². The molecule has 0 unspecified atom stereocenters. The van der Waals surface area contributed by atoms with Crippen LogP contribution < -0.4 is 15.8 Å². The normalized spacial score (nSPS) is 14.8. The first-order chi connectivity index (χ1) is 12.2. The number of nitrogens with two attached hydrogens (primary N) is 1. The third-order valence-electron chi connectivity index (χ3n) is 4.64. The van der Waals surface area contributed by atoms with Crippen molar-refractivity contribution in [2.24, 2.45) is 5.73 Å². The van der Waals surface area contributed by atoms with Crippen LogP contribution >= 0.6 is 12.4 Å². The van der Waals surface area contributed by atoms with Gasteiger partial charge in [-0.15, -0.1) is 12.4 Å². The number of benzene rings is 2. The van der Waals surface area contributed by atoms with Crippen LogP contribution in [0, 0.1) is 0 Å². The molecule has 0 spiro atoms. The Morgan fingerprint density at radius 1 is 1.12 bits per heavy atom. The summed E-state index contributed by atoms with van der Waals surface area (Å²) >= 11 is 0. The van der Waals surface area contributed by atoms with E-state index in [2.05, 4.69) is 15.5 Å². The molecule has 0 bridgehead atoms. The van der Waals surface area contributed by atoms with E-state index in [1.165, 1.54) is 0 Å². The predicted octanol–water partition coefficient (Wildman–Crippen LogP) is 4.25. The fraction of sp³-hybridized carbons (Fsp3) is 0.263. The van der Waals surface area contributed by atoms with Crippen LogP contribution in [0.1, 0.15) is 25.1 Å². The summed E-state index contributed by atoms with van der Waals surface area (Å²) in [5.74, 6) is 1.88. The van der Waals surface area contributed by atoms with Crippen LogP contribution in [0.2, 0.25) is 0 Å². The monoisotopic (exact) mass is 372 g/mol. The van der Waals surface area contributed by atoms with Crippen LogP contribution in [0.15, 0.2) is 53.1 Å². The lowest BCUT2D eigenvalue weighted by atomic mass is 9.77. The molecule has 0 atom stereocenters. The topological polar surface area (TPSA) is 86.2 Å². The largest absolute Gasteiger partial charge is 0.497 e. The molecule has 26 heavy (non-hydrogen) atoms. The van der Waals surface area contributed by atoms with Crippen molar-refractivity contribution in [1.29, 1.82) is 0 Å². The third kappa shape index (κ3) is 3.38. The molecule has 3 aromatic rings. The quantitative estimate of drug-likeness (QED) is 0.696. The van der Waals surface area contributed by atoms with Gasteiger partial charge in [-0.3, -0.25) is 0 Å². The van der Waals surface area contributed by atoms with Gasteiger partial charge in [0.2, 0.25) is 0 Å². The number of anilines is 2. The summed E-state index contributed by atoms with van der Waals surface area (Å²) in [4.78, 5) is 4.54. The van der Waals surface area contributed by atoms with E-state index in [1.807, 2.05) is 48.5 Å². The second kappa shape index (κ2) is 7.35. The highest BCUT2D eigenvalue weighted by molar-refractivity contribution is 5.85. The van der Waals surface area contributed by atoms with Gasteiger partial charge in [0.1, 0.15) is 5.75 Å². The minimum absolute atomic E-state index is 0. The fourth-order valence-corrected chi connectivity index (χ4v) is 2.92. The Bertz CT molecular complexity index is 875. The van der Waals surface area contributed by atoms with E-state index >= 15 is 0 Å². The molecule has 1 aliphatic carbocycles. The Kier molecular flexibility index (Phi) is 5.15. The highest BCUT2D eigenvalue weighted by Crippen LogP contribution is 2.38. The number of rotatable bonds is 5. The minimum Gasteiger partial charge on any atom is -0.497 e. The van der Waals surface area contributed by atoms with Gasteiger partial charge in [0.05, 0.1) is 23.9 Å². The Hall–Kier alpha value is -2.57. The molecule has 7 heteroatoms. The van der Waals surface area contributed by atoms with Crippen molar-refractivity contribution >= 4 is 23.8 Å². The number of nitrogens with one attached hydrogen (secondary N) is 1. The van der Waals surface area contributed by atoms with Crippen molar-refractivity contribution in [3.63, 3.8) is 0 Å². The third-order valence-corrected chi connectivity index (χ3v) is 4.64. The highest BCUT2D eigenvalue weighted by atomic mass is 35.5. The number of halogens is 1. The maximum Gasteiger partial charge on any atom is 0.260 e. The minimum atomic E-state index is -0.430. The highest BCUT2D eigenvalue weighted by Gasteiger charge is 2.39. The van der Waals surface area contributed by atoms with Crippen molar-refractivity contribution in [3.05, 3.63) is 54.4 Å². The van der Waals surface area contributed by atoms with Gasteiger partial charge in [-0.25, -0.2) is 0 Å². The van der Waals surface area contributed by atoms with E-state index in [1.54, 1.807) is 7.11 Å². The molecule has 0 amide bonds. The first kappa shape index (κ1) is 18.2. The molecular formula is C19H21ClN4O2. The van der Waals surface area contributed by atoms with Gasteiger partial charge < -0.3 is 20.3 Å². The molecule has 0 saturated heterocycles. The van der Waals surface area contributed by atoms with Gasteiger partial charge in [-0.1, -0.05) is 17.3 Å².